The monoisotopic (exact) mass is 603 g/mol. The van der Waals surface area contributed by atoms with E-state index in [1.54, 1.807) is 18.2 Å². The third kappa shape index (κ3) is 7.84. The fourth-order valence-corrected chi connectivity index (χ4v) is 5.82. The molecule has 0 saturated carbocycles. The number of carbonyl (C=O) groups is 1. The number of hydrogen-bond donors (Lipinski definition) is 1. The van der Waals surface area contributed by atoms with E-state index in [9.17, 15) is 10.1 Å². The van der Waals surface area contributed by atoms with Crippen molar-refractivity contribution in [3.63, 3.8) is 0 Å². The SMILES string of the molecule is C=C(/C=C/CCC(C)(C)C)Nc1ccc(C(=O)/C2=C/C=C(C)/C(c3c(C)cc4c(c3Cl)N=CCC4C)=C\C=C/C2)cc1C#N. The molecule has 1 aliphatic heterocycles. The van der Waals surface area contributed by atoms with Gasteiger partial charge in [0, 0.05) is 28.6 Å². The largest absolute Gasteiger partial charge is 0.355 e. The summed E-state index contributed by atoms with van der Waals surface area (Å²) in [5.41, 5.74) is 9.17. The number of nitrogens with zero attached hydrogens (tertiary/aromatic N) is 2. The van der Waals surface area contributed by atoms with Crippen LogP contribution in [0.15, 0.2) is 95.2 Å². The van der Waals surface area contributed by atoms with Gasteiger partial charge in [-0.2, -0.15) is 5.26 Å². The molecule has 2 aromatic rings. The molecule has 4 rings (SSSR count). The van der Waals surface area contributed by atoms with E-state index in [0.29, 0.717) is 45.4 Å². The zero-order valence-corrected chi connectivity index (χ0v) is 27.5. The van der Waals surface area contributed by atoms with Crippen molar-refractivity contribution in [3.05, 3.63) is 123 Å². The summed E-state index contributed by atoms with van der Waals surface area (Å²) in [6.45, 7) is 17.0. The number of rotatable bonds is 8. The molecule has 0 radical (unpaired) electrons. The molecule has 0 saturated heterocycles. The van der Waals surface area contributed by atoms with Crippen LogP contribution >= 0.6 is 11.6 Å². The number of ketones is 1. The zero-order valence-electron chi connectivity index (χ0n) is 26.7. The lowest BCUT2D eigenvalue weighted by Crippen LogP contribution is -2.05. The Kier molecular flexibility index (Phi) is 10.4. The van der Waals surface area contributed by atoms with Crippen molar-refractivity contribution in [3.8, 4) is 6.07 Å². The normalized spacial score (nSPS) is 20.9. The van der Waals surface area contributed by atoms with Gasteiger partial charge in [0.25, 0.3) is 0 Å². The first-order valence-corrected chi connectivity index (χ1v) is 15.6. The lowest BCUT2D eigenvalue weighted by molar-refractivity contribution is 0.103. The predicted molar refractivity (Wildman–Crippen MR) is 187 cm³/mol. The molecule has 1 aliphatic carbocycles. The maximum atomic E-state index is 13.6. The molecule has 0 aromatic heterocycles. The van der Waals surface area contributed by atoms with Gasteiger partial charge in [0.2, 0.25) is 0 Å². The first-order chi connectivity index (χ1) is 20.9. The van der Waals surface area contributed by atoms with Crippen LogP contribution in [0.25, 0.3) is 5.57 Å². The Hall–Kier alpha value is -4.20. The Morgan fingerprint density at radius 1 is 1.20 bits per heavy atom. The van der Waals surface area contributed by atoms with Crippen LogP contribution in [0.4, 0.5) is 11.4 Å². The Balaban J connectivity index is 1.56. The van der Waals surface area contributed by atoms with Gasteiger partial charge in [-0.05, 0) is 97.4 Å². The molecule has 2 aliphatic rings. The van der Waals surface area contributed by atoms with Crippen molar-refractivity contribution in [2.75, 3.05) is 5.32 Å². The molecule has 5 heteroatoms. The van der Waals surface area contributed by atoms with Gasteiger partial charge >= 0.3 is 0 Å². The lowest BCUT2D eigenvalue weighted by Gasteiger charge is -2.23. The van der Waals surface area contributed by atoms with Crippen molar-refractivity contribution in [1.29, 1.82) is 5.26 Å². The summed E-state index contributed by atoms with van der Waals surface area (Å²) in [7, 11) is 0. The molecule has 2 aromatic carbocycles. The van der Waals surface area contributed by atoms with Crippen LogP contribution in [0.3, 0.4) is 0 Å². The summed E-state index contributed by atoms with van der Waals surface area (Å²) in [5, 5.41) is 13.7. The zero-order chi connectivity index (χ0) is 32.0. The van der Waals surface area contributed by atoms with Gasteiger partial charge in [-0.1, -0.05) is 88.4 Å². The molecular formula is C39H42ClN3O. The summed E-state index contributed by atoms with van der Waals surface area (Å²) in [5.74, 6) is 0.262. The molecule has 4 nitrogen and oxygen atoms in total. The van der Waals surface area contributed by atoms with Crippen molar-refractivity contribution >= 4 is 40.5 Å². The molecule has 1 atom stereocenters. The highest BCUT2D eigenvalue weighted by Crippen LogP contribution is 2.45. The van der Waals surface area contributed by atoms with Crippen LogP contribution in [-0.4, -0.2) is 12.0 Å². The van der Waals surface area contributed by atoms with Gasteiger partial charge in [0.1, 0.15) is 6.07 Å². The first-order valence-electron chi connectivity index (χ1n) is 15.2. The van der Waals surface area contributed by atoms with Crippen molar-refractivity contribution < 1.29 is 4.79 Å². The summed E-state index contributed by atoms with van der Waals surface area (Å²) in [6.07, 6.45) is 19.2. The molecule has 0 spiro atoms. The van der Waals surface area contributed by atoms with Gasteiger partial charge in [-0.3, -0.25) is 9.79 Å². The summed E-state index contributed by atoms with van der Waals surface area (Å²) >= 11 is 6.99. The molecular weight excluding hydrogens is 562 g/mol. The number of aryl methyl sites for hydroxylation is 1. The van der Waals surface area contributed by atoms with Crippen molar-refractivity contribution in [2.24, 2.45) is 10.4 Å². The standard InChI is InChI=1S/C39H42ClN3O/c1-25-15-16-29(13-8-9-14-32(25)35-27(3)22-33-26(2)19-21-42-37(33)36(35)40)38(44)30-17-18-34(31(23-30)24-41)43-28(4)12-10-11-20-39(5,6)7/h8-10,12,14-18,21-23,26,43H,4,11,13,19-20H2,1-3,5-7H3/b9-8-,12-10+,25-15+,29-16+,32-14+. The second-order valence-corrected chi connectivity index (χ2v) is 13.3. The summed E-state index contributed by atoms with van der Waals surface area (Å²) < 4.78 is 0. The van der Waals surface area contributed by atoms with E-state index in [4.69, 9.17) is 11.6 Å². The van der Waals surface area contributed by atoms with Gasteiger partial charge in [0.15, 0.2) is 5.78 Å². The molecule has 0 bridgehead atoms. The number of aliphatic imine (C=N–C) groups is 1. The molecule has 44 heavy (non-hydrogen) atoms. The lowest BCUT2D eigenvalue weighted by atomic mass is 9.87. The topological polar surface area (TPSA) is 65.2 Å². The molecule has 226 valence electrons. The van der Waals surface area contributed by atoms with Crippen molar-refractivity contribution in [1.82, 2.24) is 0 Å². The Morgan fingerprint density at radius 2 is 1.98 bits per heavy atom. The maximum Gasteiger partial charge on any atom is 0.189 e. The number of Topliss-reactive ketones (excluding diaryl/α,β-unsaturated/α-hetero) is 1. The number of carbonyl (C=O) groups excluding carboxylic acids is 1. The average Bonchev–Trinajstić information content (AvgIpc) is 3.06. The average molecular weight is 604 g/mol. The second-order valence-electron chi connectivity index (χ2n) is 12.9. The minimum atomic E-state index is -0.113. The number of halogens is 1. The third-order valence-corrected chi connectivity index (χ3v) is 8.38. The quantitative estimate of drug-likeness (QED) is 0.241. The van der Waals surface area contributed by atoms with E-state index in [0.717, 1.165) is 47.2 Å². The Bertz CT molecular complexity index is 1700. The van der Waals surface area contributed by atoms with Crippen LogP contribution < -0.4 is 5.32 Å². The van der Waals surface area contributed by atoms with E-state index >= 15 is 0 Å². The fraction of sp³-hybridized carbons (Fsp3) is 0.308. The van der Waals surface area contributed by atoms with Crippen LogP contribution in [-0.2, 0) is 0 Å². The van der Waals surface area contributed by atoms with E-state index in [1.807, 2.05) is 43.5 Å². The minimum absolute atomic E-state index is 0.113. The number of allylic oxidation sites excluding steroid dienone is 10. The van der Waals surface area contributed by atoms with Gasteiger partial charge in [-0.15, -0.1) is 0 Å². The number of fused-ring (bicyclic) bond motifs is 1. The van der Waals surface area contributed by atoms with Crippen LogP contribution in [0.1, 0.15) is 98.8 Å². The van der Waals surface area contributed by atoms with Gasteiger partial charge in [0.05, 0.1) is 22.0 Å². The smallest absolute Gasteiger partial charge is 0.189 e. The van der Waals surface area contributed by atoms with Crippen molar-refractivity contribution in [2.45, 2.75) is 73.1 Å². The molecule has 0 fully saturated rings. The molecule has 1 heterocycles. The molecule has 0 amide bonds. The summed E-state index contributed by atoms with van der Waals surface area (Å²) in [6, 6.07) is 9.62. The van der Waals surface area contributed by atoms with Crippen LogP contribution in [0.5, 0.6) is 0 Å². The van der Waals surface area contributed by atoms with E-state index in [2.05, 4.69) is 75.8 Å². The Labute approximate surface area is 267 Å². The van der Waals surface area contributed by atoms with Gasteiger partial charge in [-0.25, -0.2) is 0 Å². The van der Waals surface area contributed by atoms with E-state index in [1.165, 1.54) is 5.56 Å². The van der Waals surface area contributed by atoms with Gasteiger partial charge < -0.3 is 5.32 Å². The number of benzene rings is 2. The predicted octanol–water partition coefficient (Wildman–Crippen LogP) is 11.1. The fourth-order valence-electron chi connectivity index (χ4n) is 5.41. The van der Waals surface area contributed by atoms with E-state index in [-0.39, 0.29) is 11.2 Å². The number of nitrogens with one attached hydrogen (secondary N) is 1. The highest BCUT2D eigenvalue weighted by Gasteiger charge is 2.23. The molecule has 1 unspecified atom stereocenters. The maximum absolute atomic E-state index is 13.6. The number of nitriles is 1. The molecule has 1 N–H and O–H groups in total. The number of hydrogen-bond acceptors (Lipinski definition) is 4. The Morgan fingerprint density at radius 3 is 2.70 bits per heavy atom. The summed E-state index contributed by atoms with van der Waals surface area (Å²) in [4.78, 5) is 18.3. The van der Waals surface area contributed by atoms with Crippen LogP contribution in [0, 0.1) is 23.7 Å². The van der Waals surface area contributed by atoms with E-state index < -0.39 is 0 Å². The highest BCUT2D eigenvalue weighted by atomic mass is 35.5. The van der Waals surface area contributed by atoms with Crippen LogP contribution in [0.2, 0.25) is 5.02 Å². The minimum Gasteiger partial charge on any atom is -0.355 e. The third-order valence-electron chi connectivity index (χ3n) is 8.01. The highest BCUT2D eigenvalue weighted by molar-refractivity contribution is 6.35. The number of anilines is 1. The first kappa shape index (κ1) is 32.7. The second kappa shape index (κ2) is 14.1.